The number of aryl methyl sites for hydroxylation is 1. The van der Waals surface area contributed by atoms with Crippen molar-refractivity contribution in [3.63, 3.8) is 0 Å². The normalized spacial score (nSPS) is 10.2. The van der Waals surface area contributed by atoms with E-state index in [1.807, 2.05) is 31.2 Å². The Hall–Kier alpha value is -2.41. The van der Waals surface area contributed by atoms with E-state index in [0.29, 0.717) is 12.4 Å². The van der Waals surface area contributed by atoms with Gasteiger partial charge in [0.15, 0.2) is 0 Å². The zero-order chi connectivity index (χ0) is 14.4. The van der Waals surface area contributed by atoms with Crippen LogP contribution in [0.15, 0.2) is 24.3 Å². The summed E-state index contributed by atoms with van der Waals surface area (Å²) in [4.78, 5) is 12.0. The van der Waals surface area contributed by atoms with Crippen molar-refractivity contribution in [3.05, 3.63) is 29.8 Å². The largest absolute Gasteiger partial charge is 0.464 e. The SMILES string of the molecule is CCOc1nc(NN)nc(Oc2cccc(CC)c2)n1. The smallest absolute Gasteiger partial charge is 0.330 e. The van der Waals surface area contributed by atoms with Gasteiger partial charge in [0.25, 0.3) is 0 Å². The lowest BCUT2D eigenvalue weighted by molar-refractivity contribution is 0.304. The first-order valence-electron chi connectivity index (χ1n) is 6.37. The summed E-state index contributed by atoms with van der Waals surface area (Å²) in [7, 11) is 0. The van der Waals surface area contributed by atoms with Crippen LogP contribution in [-0.2, 0) is 6.42 Å². The molecule has 1 heterocycles. The van der Waals surface area contributed by atoms with Gasteiger partial charge in [0, 0.05) is 0 Å². The van der Waals surface area contributed by atoms with Crippen molar-refractivity contribution in [3.8, 4) is 17.8 Å². The second-order valence-corrected chi connectivity index (χ2v) is 3.90. The second-order valence-electron chi connectivity index (χ2n) is 3.90. The van der Waals surface area contributed by atoms with Crippen molar-refractivity contribution in [2.24, 2.45) is 5.84 Å². The predicted octanol–water partition coefficient (Wildman–Crippen LogP) is 1.91. The van der Waals surface area contributed by atoms with Crippen LogP contribution in [0.2, 0.25) is 0 Å². The molecule has 0 fully saturated rings. The van der Waals surface area contributed by atoms with E-state index in [-0.39, 0.29) is 18.0 Å². The number of hydrogen-bond donors (Lipinski definition) is 2. The topological polar surface area (TPSA) is 95.2 Å². The number of rotatable bonds is 6. The molecule has 0 amide bonds. The highest BCUT2D eigenvalue weighted by Gasteiger charge is 2.08. The van der Waals surface area contributed by atoms with Crippen molar-refractivity contribution in [2.75, 3.05) is 12.0 Å². The second kappa shape index (κ2) is 6.67. The van der Waals surface area contributed by atoms with Gasteiger partial charge in [0.2, 0.25) is 5.95 Å². The number of ether oxygens (including phenoxy) is 2. The van der Waals surface area contributed by atoms with E-state index >= 15 is 0 Å². The molecule has 3 N–H and O–H groups in total. The Morgan fingerprint density at radius 2 is 1.95 bits per heavy atom. The fraction of sp³-hybridized carbons (Fsp3) is 0.308. The molecule has 0 radical (unpaired) electrons. The Kier molecular flexibility index (Phi) is 4.67. The Bertz CT molecular complexity index is 576. The fourth-order valence-corrected chi connectivity index (χ4v) is 1.58. The molecule has 0 unspecified atom stereocenters. The summed E-state index contributed by atoms with van der Waals surface area (Å²) >= 11 is 0. The zero-order valence-corrected chi connectivity index (χ0v) is 11.5. The lowest BCUT2D eigenvalue weighted by atomic mass is 10.2. The molecule has 20 heavy (non-hydrogen) atoms. The van der Waals surface area contributed by atoms with Gasteiger partial charge in [-0.2, -0.15) is 9.97 Å². The number of nitrogens with two attached hydrogens (primary N) is 1. The minimum absolute atomic E-state index is 0.129. The minimum Gasteiger partial charge on any atom is -0.464 e. The molecular formula is C13H17N5O2. The van der Waals surface area contributed by atoms with E-state index in [1.165, 1.54) is 5.56 Å². The molecule has 0 aliphatic rings. The van der Waals surface area contributed by atoms with E-state index in [0.717, 1.165) is 6.42 Å². The monoisotopic (exact) mass is 275 g/mol. The van der Waals surface area contributed by atoms with Crippen molar-refractivity contribution in [1.29, 1.82) is 0 Å². The summed E-state index contributed by atoms with van der Waals surface area (Å²) in [6.45, 7) is 4.36. The molecule has 0 spiro atoms. The molecule has 0 aliphatic carbocycles. The molecule has 0 bridgehead atoms. The first-order chi connectivity index (χ1) is 9.75. The number of nitrogens with one attached hydrogen (secondary N) is 1. The maximum Gasteiger partial charge on any atom is 0.330 e. The van der Waals surface area contributed by atoms with E-state index in [9.17, 15) is 0 Å². The molecule has 0 saturated heterocycles. The zero-order valence-electron chi connectivity index (χ0n) is 11.5. The third-order valence-electron chi connectivity index (χ3n) is 2.51. The Morgan fingerprint density at radius 3 is 2.65 bits per heavy atom. The van der Waals surface area contributed by atoms with Crippen LogP contribution in [0.3, 0.4) is 0 Å². The first kappa shape index (κ1) is 14.0. The lowest BCUT2D eigenvalue weighted by Gasteiger charge is -2.08. The van der Waals surface area contributed by atoms with Crippen LogP contribution in [0, 0.1) is 0 Å². The van der Waals surface area contributed by atoms with Gasteiger partial charge in [-0.25, -0.2) is 5.84 Å². The molecular weight excluding hydrogens is 258 g/mol. The van der Waals surface area contributed by atoms with Gasteiger partial charge in [-0.15, -0.1) is 4.98 Å². The van der Waals surface area contributed by atoms with Crippen molar-refractivity contribution in [1.82, 2.24) is 15.0 Å². The third kappa shape index (κ3) is 3.55. The highest BCUT2D eigenvalue weighted by molar-refractivity contribution is 5.32. The molecule has 7 nitrogen and oxygen atoms in total. The fourth-order valence-electron chi connectivity index (χ4n) is 1.58. The van der Waals surface area contributed by atoms with Crippen LogP contribution in [0.1, 0.15) is 19.4 Å². The molecule has 1 aromatic heterocycles. The number of benzene rings is 1. The third-order valence-corrected chi connectivity index (χ3v) is 2.51. The maximum absolute atomic E-state index is 5.61. The van der Waals surface area contributed by atoms with Gasteiger partial charge in [0.05, 0.1) is 6.61 Å². The highest BCUT2D eigenvalue weighted by Crippen LogP contribution is 2.21. The number of hydrogen-bond acceptors (Lipinski definition) is 7. The minimum atomic E-state index is 0.129. The number of hydrazine groups is 1. The Labute approximate surface area is 117 Å². The van der Waals surface area contributed by atoms with Crippen molar-refractivity contribution >= 4 is 5.95 Å². The molecule has 0 aliphatic heterocycles. The van der Waals surface area contributed by atoms with Crippen LogP contribution < -0.4 is 20.7 Å². The van der Waals surface area contributed by atoms with Gasteiger partial charge in [-0.3, -0.25) is 5.43 Å². The first-order valence-corrected chi connectivity index (χ1v) is 6.37. The molecule has 2 rings (SSSR count). The summed E-state index contributed by atoms with van der Waals surface area (Å²) < 4.78 is 10.8. The highest BCUT2D eigenvalue weighted by atomic mass is 16.5. The molecule has 7 heteroatoms. The lowest BCUT2D eigenvalue weighted by Crippen LogP contribution is -2.12. The quantitative estimate of drug-likeness (QED) is 0.614. The van der Waals surface area contributed by atoms with E-state index < -0.39 is 0 Å². The van der Waals surface area contributed by atoms with Crippen molar-refractivity contribution < 1.29 is 9.47 Å². The molecule has 0 saturated carbocycles. The van der Waals surface area contributed by atoms with Gasteiger partial charge >= 0.3 is 12.0 Å². The van der Waals surface area contributed by atoms with E-state index in [4.69, 9.17) is 15.3 Å². The number of aromatic nitrogens is 3. The van der Waals surface area contributed by atoms with E-state index in [1.54, 1.807) is 0 Å². The average Bonchev–Trinajstić information content (AvgIpc) is 2.47. The van der Waals surface area contributed by atoms with Crippen LogP contribution in [-0.4, -0.2) is 21.6 Å². The molecule has 106 valence electrons. The number of nitrogen functional groups attached to an aromatic ring is 1. The van der Waals surface area contributed by atoms with Crippen LogP contribution in [0.5, 0.6) is 17.8 Å². The van der Waals surface area contributed by atoms with Gasteiger partial charge < -0.3 is 9.47 Å². The predicted molar refractivity (Wildman–Crippen MR) is 74.7 cm³/mol. The maximum atomic E-state index is 5.61. The molecule has 1 aromatic carbocycles. The van der Waals surface area contributed by atoms with Gasteiger partial charge in [-0.1, -0.05) is 19.1 Å². The Balaban J connectivity index is 2.24. The number of anilines is 1. The van der Waals surface area contributed by atoms with Gasteiger partial charge in [-0.05, 0) is 31.0 Å². The molecule has 0 atom stereocenters. The van der Waals surface area contributed by atoms with Crippen LogP contribution in [0.4, 0.5) is 5.95 Å². The standard InChI is InChI=1S/C13H17N5O2/c1-3-9-6-5-7-10(8-9)20-13-16-11(18-14)15-12(17-13)19-4-2/h5-8H,3-4,14H2,1-2H3,(H,15,16,17,18). The summed E-state index contributed by atoms with van der Waals surface area (Å²) in [6, 6.07) is 8.00. The summed E-state index contributed by atoms with van der Waals surface area (Å²) in [5, 5.41) is 0. The summed E-state index contributed by atoms with van der Waals surface area (Å²) in [5.74, 6) is 6.15. The van der Waals surface area contributed by atoms with Crippen LogP contribution >= 0.6 is 0 Å². The Morgan fingerprint density at radius 1 is 1.15 bits per heavy atom. The molecule has 2 aromatic rings. The average molecular weight is 275 g/mol. The van der Waals surface area contributed by atoms with Crippen molar-refractivity contribution in [2.45, 2.75) is 20.3 Å². The summed E-state index contributed by atoms with van der Waals surface area (Å²) in [5.41, 5.74) is 3.52. The van der Waals surface area contributed by atoms with Crippen LogP contribution in [0.25, 0.3) is 0 Å². The summed E-state index contributed by atoms with van der Waals surface area (Å²) in [6.07, 6.45) is 0.925. The van der Waals surface area contributed by atoms with Gasteiger partial charge in [0.1, 0.15) is 5.75 Å². The van der Waals surface area contributed by atoms with E-state index in [2.05, 4.69) is 27.3 Å². The number of nitrogens with zero attached hydrogens (tertiary/aromatic N) is 3.